The number of amides is 1. The number of hydrogen-bond donors (Lipinski definition) is 1. The van der Waals surface area contributed by atoms with Gasteiger partial charge in [-0.15, -0.1) is 10.2 Å². The molecular weight excluding hydrogens is 263 g/mol. The van der Waals surface area contributed by atoms with E-state index >= 15 is 0 Å². The monoisotopic (exact) mass is 269 g/mol. The summed E-state index contributed by atoms with van der Waals surface area (Å²) < 4.78 is 36.1. The van der Waals surface area contributed by atoms with Crippen LogP contribution in [0.2, 0.25) is 0 Å². The molecule has 0 aromatic carbocycles. The molecule has 88 valence electrons. The number of thioether (sulfide) groups is 1. The fraction of sp³-hybridized carbons (Fsp3) is 0.286. The topological polar surface area (TPSA) is 54.9 Å². The fourth-order valence-corrected chi connectivity index (χ4v) is 2.01. The first-order chi connectivity index (χ1) is 7.43. The molecule has 0 bridgehead atoms. The zero-order valence-electron chi connectivity index (χ0n) is 7.91. The van der Waals surface area contributed by atoms with Crippen LogP contribution >= 0.6 is 23.1 Å². The summed E-state index contributed by atoms with van der Waals surface area (Å²) in [6, 6.07) is 0. The molecule has 1 heterocycles. The van der Waals surface area contributed by atoms with Gasteiger partial charge in [0, 0.05) is 0 Å². The summed E-state index contributed by atoms with van der Waals surface area (Å²) >= 11 is 2.08. The minimum absolute atomic E-state index is 0.172. The first-order valence-electron chi connectivity index (χ1n) is 3.93. The number of anilines is 1. The van der Waals surface area contributed by atoms with Crippen molar-refractivity contribution in [2.45, 2.75) is 17.4 Å². The number of halogens is 3. The van der Waals surface area contributed by atoms with Gasteiger partial charge < -0.3 is 0 Å². The molecule has 1 amide bonds. The Hall–Kier alpha value is -1.09. The SMILES string of the molecule is CC=CSc1nnc(NC(=O)C(F)(F)F)s1. The van der Waals surface area contributed by atoms with Gasteiger partial charge in [0.05, 0.1) is 0 Å². The van der Waals surface area contributed by atoms with E-state index in [1.54, 1.807) is 23.7 Å². The summed E-state index contributed by atoms with van der Waals surface area (Å²) in [4.78, 5) is 10.5. The van der Waals surface area contributed by atoms with Crippen molar-refractivity contribution < 1.29 is 18.0 Å². The quantitative estimate of drug-likeness (QED) is 0.677. The number of hydrogen-bond acceptors (Lipinski definition) is 5. The molecule has 0 atom stereocenters. The molecule has 0 radical (unpaired) electrons. The number of aromatic nitrogens is 2. The minimum atomic E-state index is -4.91. The van der Waals surface area contributed by atoms with Crippen molar-refractivity contribution in [2.24, 2.45) is 0 Å². The van der Waals surface area contributed by atoms with Crippen LogP contribution < -0.4 is 5.32 Å². The Balaban J connectivity index is 2.62. The maximum Gasteiger partial charge on any atom is 0.471 e. The molecule has 1 N–H and O–H groups in total. The highest BCUT2D eigenvalue weighted by Crippen LogP contribution is 2.27. The molecule has 0 aliphatic rings. The highest BCUT2D eigenvalue weighted by Gasteiger charge is 2.39. The summed E-state index contributed by atoms with van der Waals surface area (Å²) in [7, 11) is 0. The molecular formula is C7H6F3N3OS2. The van der Waals surface area contributed by atoms with Crippen LogP contribution in [-0.4, -0.2) is 22.3 Å². The molecule has 1 aromatic rings. The number of nitrogens with zero attached hydrogens (tertiary/aromatic N) is 2. The number of rotatable bonds is 3. The largest absolute Gasteiger partial charge is 0.471 e. The molecule has 0 unspecified atom stereocenters. The molecule has 1 aromatic heterocycles. The number of carbonyl (C=O) groups excluding carboxylic acids is 1. The van der Waals surface area contributed by atoms with Crippen LogP contribution in [0, 0.1) is 0 Å². The van der Waals surface area contributed by atoms with Crippen LogP contribution in [0.1, 0.15) is 6.92 Å². The van der Waals surface area contributed by atoms with Crippen molar-refractivity contribution in [1.82, 2.24) is 10.2 Å². The lowest BCUT2D eigenvalue weighted by molar-refractivity contribution is -0.167. The third-order valence-corrected chi connectivity index (χ3v) is 3.05. The number of allylic oxidation sites excluding steroid dienone is 1. The first kappa shape index (κ1) is 13.0. The normalized spacial score (nSPS) is 12.0. The van der Waals surface area contributed by atoms with E-state index < -0.39 is 12.1 Å². The minimum Gasteiger partial charge on any atom is -0.293 e. The third-order valence-electron chi connectivity index (χ3n) is 1.19. The average molecular weight is 269 g/mol. The predicted molar refractivity (Wildman–Crippen MR) is 55.3 cm³/mol. The van der Waals surface area contributed by atoms with E-state index in [2.05, 4.69) is 10.2 Å². The van der Waals surface area contributed by atoms with Crippen molar-refractivity contribution in [1.29, 1.82) is 0 Å². The Morgan fingerprint density at radius 2 is 2.19 bits per heavy atom. The Morgan fingerprint density at radius 3 is 2.75 bits per heavy atom. The maximum atomic E-state index is 11.9. The summed E-state index contributed by atoms with van der Waals surface area (Å²) in [6.45, 7) is 1.79. The van der Waals surface area contributed by atoms with Crippen molar-refractivity contribution >= 4 is 34.1 Å². The fourth-order valence-electron chi connectivity index (χ4n) is 0.602. The van der Waals surface area contributed by atoms with Crippen LogP contribution in [0.15, 0.2) is 15.8 Å². The molecule has 4 nitrogen and oxygen atoms in total. The molecule has 0 fully saturated rings. The van der Waals surface area contributed by atoms with E-state index in [4.69, 9.17) is 0 Å². The molecule has 0 spiro atoms. The third kappa shape index (κ3) is 3.81. The molecule has 9 heteroatoms. The molecule has 1 rings (SSSR count). The standard InChI is InChI=1S/C7H6F3N3OS2/c1-2-3-15-6-13-12-5(16-6)11-4(14)7(8,9)10/h2-3H,1H3,(H,11,12,14). The summed E-state index contributed by atoms with van der Waals surface area (Å²) in [5.41, 5.74) is 0. The predicted octanol–water partition coefficient (Wildman–Crippen LogP) is 2.66. The highest BCUT2D eigenvalue weighted by molar-refractivity contribution is 8.03. The Labute approximate surface area is 96.9 Å². The number of alkyl halides is 3. The molecule has 0 saturated heterocycles. The van der Waals surface area contributed by atoms with Gasteiger partial charge in [-0.2, -0.15) is 13.2 Å². The number of nitrogens with one attached hydrogen (secondary N) is 1. The van der Waals surface area contributed by atoms with Gasteiger partial charge in [0.15, 0.2) is 4.34 Å². The van der Waals surface area contributed by atoms with Gasteiger partial charge in [-0.1, -0.05) is 29.2 Å². The highest BCUT2D eigenvalue weighted by atomic mass is 32.2. The van der Waals surface area contributed by atoms with Gasteiger partial charge in [-0.05, 0) is 12.3 Å². The van der Waals surface area contributed by atoms with Gasteiger partial charge in [-0.3, -0.25) is 10.1 Å². The van der Waals surface area contributed by atoms with Crippen LogP contribution in [0.3, 0.4) is 0 Å². The average Bonchev–Trinajstić information content (AvgIpc) is 2.61. The van der Waals surface area contributed by atoms with E-state index in [1.807, 2.05) is 0 Å². The van der Waals surface area contributed by atoms with Crippen molar-refractivity contribution in [3.63, 3.8) is 0 Å². The lowest BCUT2D eigenvalue weighted by atomic mass is 10.6. The molecule has 0 saturated carbocycles. The second kappa shape index (κ2) is 5.30. The molecule has 16 heavy (non-hydrogen) atoms. The zero-order valence-corrected chi connectivity index (χ0v) is 9.54. The van der Waals surface area contributed by atoms with Crippen LogP contribution in [0.25, 0.3) is 0 Å². The summed E-state index contributed by atoms with van der Waals surface area (Å²) in [5.74, 6) is -2.05. The van der Waals surface area contributed by atoms with Gasteiger partial charge >= 0.3 is 12.1 Å². The molecule has 0 aliphatic heterocycles. The van der Waals surface area contributed by atoms with Crippen molar-refractivity contribution in [3.8, 4) is 0 Å². The smallest absolute Gasteiger partial charge is 0.293 e. The van der Waals surface area contributed by atoms with Crippen molar-refractivity contribution in [2.75, 3.05) is 5.32 Å². The van der Waals surface area contributed by atoms with Crippen LogP contribution in [-0.2, 0) is 4.79 Å². The van der Waals surface area contributed by atoms with E-state index in [9.17, 15) is 18.0 Å². The lowest BCUT2D eigenvalue weighted by Crippen LogP contribution is -2.29. The van der Waals surface area contributed by atoms with Gasteiger partial charge in [0.2, 0.25) is 5.13 Å². The van der Waals surface area contributed by atoms with E-state index in [0.29, 0.717) is 4.34 Å². The number of carbonyl (C=O) groups is 1. The maximum absolute atomic E-state index is 11.9. The summed E-state index contributed by atoms with van der Waals surface area (Å²) in [6.07, 6.45) is -3.16. The van der Waals surface area contributed by atoms with Gasteiger partial charge in [-0.25, -0.2) is 0 Å². The Morgan fingerprint density at radius 1 is 1.50 bits per heavy atom. The van der Waals surface area contributed by atoms with Crippen molar-refractivity contribution in [3.05, 3.63) is 11.5 Å². The first-order valence-corrected chi connectivity index (χ1v) is 5.62. The Bertz CT molecular complexity index is 402. The van der Waals surface area contributed by atoms with Gasteiger partial charge in [0.1, 0.15) is 0 Å². The summed E-state index contributed by atoms with van der Waals surface area (Å²) in [5, 5.41) is 10.1. The van der Waals surface area contributed by atoms with Crippen LogP contribution in [0.4, 0.5) is 18.3 Å². The second-order valence-corrected chi connectivity index (χ2v) is 4.54. The Kier molecular flexibility index (Phi) is 4.30. The second-order valence-electron chi connectivity index (χ2n) is 2.41. The van der Waals surface area contributed by atoms with Gasteiger partial charge in [0.25, 0.3) is 0 Å². The lowest BCUT2D eigenvalue weighted by Gasteiger charge is -2.03. The molecule has 0 aliphatic carbocycles. The van der Waals surface area contributed by atoms with Crippen LogP contribution in [0.5, 0.6) is 0 Å². The van der Waals surface area contributed by atoms with E-state index in [-0.39, 0.29) is 5.13 Å². The van der Waals surface area contributed by atoms with E-state index in [0.717, 1.165) is 11.3 Å². The van der Waals surface area contributed by atoms with E-state index in [1.165, 1.54) is 11.8 Å². The zero-order chi connectivity index (χ0) is 12.2.